The number of epoxide rings is 1. The Morgan fingerprint density at radius 2 is 1.47 bits per heavy atom. The summed E-state index contributed by atoms with van der Waals surface area (Å²) in [7, 11) is 1.54. The number of Topliss-reactive ketones (excluding diaryl/α,β-unsaturated/α-hetero) is 1. The number of benzene rings is 2. The number of carbonyl (C=O) groups excluding carboxylic acids is 4. The van der Waals surface area contributed by atoms with Gasteiger partial charge in [0, 0.05) is 19.5 Å². The maximum absolute atomic E-state index is 13.7. The topological polar surface area (TPSA) is 159 Å². The van der Waals surface area contributed by atoms with E-state index in [1.807, 2.05) is 35.2 Å². The minimum atomic E-state index is -1.28. The Kier molecular flexibility index (Phi) is 11.2. The van der Waals surface area contributed by atoms with Crippen molar-refractivity contribution in [2.45, 2.75) is 43.5 Å². The zero-order valence-corrected chi connectivity index (χ0v) is 24.5. The molecule has 0 aromatic heterocycles. The molecule has 3 amide bonds. The third-order valence-corrected chi connectivity index (χ3v) is 7.55. The zero-order chi connectivity index (χ0) is 30.8. The summed E-state index contributed by atoms with van der Waals surface area (Å²) < 4.78 is 15.9. The number of rotatable bonds is 15. The van der Waals surface area contributed by atoms with E-state index in [9.17, 15) is 24.3 Å². The molecule has 0 bridgehead atoms. The van der Waals surface area contributed by atoms with Crippen LogP contribution in [0.15, 0.2) is 54.6 Å². The van der Waals surface area contributed by atoms with Gasteiger partial charge in [0.25, 0.3) is 0 Å². The highest BCUT2D eigenvalue weighted by Gasteiger charge is 2.50. The number of aliphatic hydroxyl groups excluding tert-OH is 1. The summed E-state index contributed by atoms with van der Waals surface area (Å²) in [6, 6.07) is 13.0. The lowest BCUT2D eigenvalue weighted by molar-refractivity contribution is -0.135. The Bertz CT molecular complexity index is 1250. The molecule has 4 atom stereocenters. The first-order valence-corrected chi connectivity index (χ1v) is 14.4. The van der Waals surface area contributed by atoms with E-state index in [0.29, 0.717) is 32.1 Å². The van der Waals surface area contributed by atoms with Gasteiger partial charge in [-0.25, -0.2) is 0 Å². The molecule has 2 fully saturated rings. The second-order valence-electron chi connectivity index (χ2n) is 10.9. The van der Waals surface area contributed by atoms with E-state index in [2.05, 4.69) is 16.0 Å². The predicted octanol–water partition coefficient (Wildman–Crippen LogP) is -0.383. The number of ether oxygens (including phenoxy) is 3. The first kappa shape index (κ1) is 32.1. The highest BCUT2D eigenvalue weighted by atomic mass is 16.6. The summed E-state index contributed by atoms with van der Waals surface area (Å²) in [5.74, 6) is -1.38. The van der Waals surface area contributed by atoms with Crippen LogP contribution >= 0.6 is 0 Å². The summed E-state index contributed by atoms with van der Waals surface area (Å²) in [5, 5.41) is 18.0. The lowest BCUT2D eigenvalue weighted by Crippen LogP contribution is -2.58. The third-order valence-electron chi connectivity index (χ3n) is 7.55. The molecule has 12 heteroatoms. The van der Waals surface area contributed by atoms with Crippen molar-refractivity contribution in [3.05, 3.63) is 65.7 Å². The summed E-state index contributed by atoms with van der Waals surface area (Å²) >= 11 is 0. The fraction of sp³-hybridized carbons (Fsp3) is 0.484. The number of amides is 3. The van der Waals surface area contributed by atoms with Crippen LogP contribution in [0.5, 0.6) is 5.75 Å². The molecule has 4 N–H and O–H groups in total. The largest absolute Gasteiger partial charge is 0.497 e. The van der Waals surface area contributed by atoms with Crippen LogP contribution < -0.4 is 20.7 Å². The normalized spacial score (nSPS) is 20.3. The van der Waals surface area contributed by atoms with Crippen LogP contribution in [0, 0.1) is 0 Å². The SMILES string of the molecule is COc1ccc(C[C@H](NC(=O)[C@H](CO)NC(=O)CN2CCOCC2)C(=O)N[C@@H](Cc2ccccc2)C(=O)[C@@]2(C)CO2)cc1. The van der Waals surface area contributed by atoms with E-state index in [1.54, 1.807) is 38.3 Å². The molecule has 2 aliphatic heterocycles. The minimum Gasteiger partial charge on any atom is -0.497 e. The molecule has 12 nitrogen and oxygen atoms in total. The molecule has 2 aliphatic rings. The van der Waals surface area contributed by atoms with Gasteiger partial charge in [0.2, 0.25) is 17.7 Å². The van der Waals surface area contributed by atoms with Crippen LogP contribution in [0.25, 0.3) is 0 Å². The number of morpholine rings is 1. The molecule has 2 saturated heterocycles. The predicted molar refractivity (Wildman–Crippen MR) is 156 cm³/mol. The lowest BCUT2D eigenvalue weighted by atomic mass is 9.94. The first-order chi connectivity index (χ1) is 20.7. The summed E-state index contributed by atoms with van der Waals surface area (Å²) in [5.41, 5.74) is 0.597. The van der Waals surface area contributed by atoms with E-state index < -0.39 is 48.1 Å². The number of methoxy groups -OCH3 is 1. The lowest BCUT2D eigenvalue weighted by Gasteiger charge is -2.27. The monoisotopic (exact) mass is 596 g/mol. The Labute approximate surface area is 251 Å². The van der Waals surface area contributed by atoms with Gasteiger partial charge in [0.1, 0.15) is 23.4 Å². The minimum absolute atomic E-state index is 0.0486. The Morgan fingerprint density at radius 1 is 0.884 bits per heavy atom. The summed E-state index contributed by atoms with van der Waals surface area (Å²) in [6.45, 7) is 3.52. The molecule has 0 aliphatic carbocycles. The Balaban J connectivity index is 1.49. The van der Waals surface area contributed by atoms with E-state index in [4.69, 9.17) is 14.2 Å². The second-order valence-corrected chi connectivity index (χ2v) is 10.9. The van der Waals surface area contributed by atoms with Crippen LogP contribution in [-0.2, 0) is 41.5 Å². The molecule has 232 valence electrons. The van der Waals surface area contributed by atoms with Crippen molar-refractivity contribution in [1.82, 2.24) is 20.9 Å². The van der Waals surface area contributed by atoms with Crippen LogP contribution in [0.4, 0.5) is 0 Å². The van der Waals surface area contributed by atoms with Gasteiger partial charge in [-0.3, -0.25) is 24.1 Å². The van der Waals surface area contributed by atoms with E-state index in [1.165, 1.54) is 0 Å². The number of nitrogens with zero attached hydrogens (tertiary/aromatic N) is 1. The highest BCUT2D eigenvalue weighted by Crippen LogP contribution is 2.29. The van der Waals surface area contributed by atoms with Crippen LogP contribution in [0.2, 0.25) is 0 Å². The third kappa shape index (κ3) is 9.32. The van der Waals surface area contributed by atoms with Gasteiger partial charge in [-0.2, -0.15) is 0 Å². The molecule has 43 heavy (non-hydrogen) atoms. The van der Waals surface area contributed by atoms with Crippen molar-refractivity contribution in [3.8, 4) is 5.75 Å². The number of hydrogen-bond acceptors (Lipinski definition) is 9. The number of hydrogen-bond donors (Lipinski definition) is 4. The Morgan fingerprint density at radius 3 is 2.07 bits per heavy atom. The second kappa shape index (κ2) is 15.1. The fourth-order valence-electron chi connectivity index (χ4n) is 4.83. The van der Waals surface area contributed by atoms with Crippen molar-refractivity contribution in [1.29, 1.82) is 0 Å². The molecule has 2 aromatic rings. The van der Waals surface area contributed by atoms with Gasteiger partial charge in [0.15, 0.2) is 5.78 Å². The standard InChI is InChI=1S/C31H40N4O8/c1-31(20-43-31)28(38)24(16-21-6-4-3-5-7-21)33-29(39)25(17-22-8-10-23(41-2)11-9-22)34-30(40)26(19-36)32-27(37)18-35-12-14-42-15-13-35/h3-11,24-26,36H,12-20H2,1-2H3,(H,32,37)(H,33,39)(H,34,40)/t24-,25-,26-,31+/m0/s1. The van der Waals surface area contributed by atoms with Crippen molar-refractivity contribution in [2.75, 3.05) is 53.2 Å². The number of aliphatic hydroxyl groups is 1. The van der Waals surface area contributed by atoms with Gasteiger partial charge in [-0.05, 0) is 36.6 Å². The number of nitrogens with one attached hydrogen (secondary N) is 3. The smallest absolute Gasteiger partial charge is 0.245 e. The number of carbonyl (C=O) groups is 4. The molecule has 0 spiro atoms. The van der Waals surface area contributed by atoms with Crippen molar-refractivity contribution in [2.24, 2.45) is 0 Å². The fourth-order valence-corrected chi connectivity index (χ4v) is 4.83. The van der Waals surface area contributed by atoms with Crippen LogP contribution in [-0.4, -0.2) is 110 Å². The average Bonchev–Trinajstić information content (AvgIpc) is 3.78. The summed E-state index contributed by atoms with van der Waals surface area (Å²) in [4.78, 5) is 54.9. The molecule has 4 rings (SSSR count). The van der Waals surface area contributed by atoms with Crippen molar-refractivity contribution >= 4 is 23.5 Å². The Hall–Kier alpha value is -3.84. The molecular formula is C31H40N4O8. The summed E-state index contributed by atoms with van der Waals surface area (Å²) in [6.07, 6.45) is 0.325. The maximum atomic E-state index is 13.7. The molecule has 0 radical (unpaired) electrons. The van der Waals surface area contributed by atoms with Gasteiger partial charge in [-0.15, -0.1) is 0 Å². The zero-order valence-electron chi connectivity index (χ0n) is 24.5. The molecule has 0 saturated carbocycles. The van der Waals surface area contributed by atoms with Gasteiger partial charge >= 0.3 is 0 Å². The highest BCUT2D eigenvalue weighted by molar-refractivity contribution is 5.98. The number of ketones is 1. The average molecular weight is 597 g/mol. The quantitative estimate of drug-likeness (QED) is 0.201. The van der Waals surface area contributed by atoms with Crippen molar-refractivity contribution < 1.29 is 38.5 Å². The van der Waals surface area contributed by atoms with Crippen LogP contribution in [0.3, 0.4) is 0 Å². The van der Waals surface area contributed by atoms with E-state index in [0.717, 1.165) is 11.1 Å². The molecular weight excluding hydrogens is 556 g/mol. The van der Waals surface area contributed by atoms with Gasteiger partial charge < -0.3 is 35.3 Å². The van der Waals surface area contributed by atoms with Crippen LogP contribution in [0.1, 0.15) is 18.1 Å². The van der Waals surface area contributed by atoms with E-state index in [-0.39, 0.29) is 31.8 Å². The maximum Gasteiger partial charge on any atom is 0.245 e. The first-order valence-electron chi connectivity index (χ1n) is 14.4. The van der Waals surface area contributed by atoms with E-state index >= 15 is 0 Å². The molecule has 2 heterocycles. The molecule has 2 aromatic carbocycles. The van der Waals surface area contributed by atoms with Gasteiger partial charge in [-0.1, -0.05) is 42.5 Å². The van der Waals surface area contributed by atoms with Gasteiger partial charge in [0.05, 0.1) is 46.1 Å². The van der Waals surface area contributed by atoms with Crippen molar-refractivity contribution in [3.63, 3.8) is 0 Å². The molecule has 0 unspecified atom stereocenters.